The number of H-pyrrole nitrogens is 2. The third-order valence-corrected chi connectivity index (χ3v) is 8.40. The summed E-state index contributed by atoms with van der Waals surface area (Å²) in [5.41, 5.74) is 12.3. The SMILES string of the molecule is CC[C@@]1(N=[N+]=[N-])O[C@@H](n2cc(C)c(=O)[nH]c2=O)[C@@H](F)[C@@H]1C.CC[C@@]1(N=[N+]=[N-])O[C@@H](n2cc(I)c(=O)[nH]c2=O)[C@@H](F)[C@@H]1C. The molecule has 228 valence electrons. The van der Waals surface area contributed by atoms with Crippen LogP contribution in [0.3, 0.4) is 0 Å². The first kappa shape index (κ1) is 33.0. The van der Waals surface area contributed by atoms with E-state index in [0.29, 0.717) is 0 Å². The first-order chi connectivity index (χ1) is 19.7. The number of rotatable bonds is 6. The number of nitrogens with zero attached hydrogens (tertiary/aromatic N) is 8. The van der Waals surface area contributed by atoms with Crippen LogP contribution >= 0.6 is 22.6 Å². The molecule has 0 unspecified atom stereocenters. The molecule has 2 aliphatic rings. The van der Waals surface area contributed by atoms with Crippen molar-refractivity contribution in [3.05, 3.63) is 84.1 Å². The molecule has 8 atom stereocenters. The Morgan fingerprint density at radius 2 is 1.29 bits per heavy atom. The minimum absolute atomic E-state index is 0.230. The lowest BCUT2D eigenvalue weighted by atomic mass is 9.94. The third kappa shape index (κ3) is 5.87. The zero-order valence-electron chi connectivity index (χ0n) is 23.2. The van der Waals surface area contributed by atoms with Gasteiger partial charge in [-0.1, -0.05) is 37.9 Å². The molecular formula is C23H29F2IN10O6. The van der Waals surface area contributed by atoms with Crippen molar-refractivity contribution in [2.45, 2.75) is 83.7 Å². The first-order valence-corrected chi connectivity index (χ1v) is 13.9. The number of ether oxygens (including phenoxy) is 2. The number of aromatic nitrogens is 4. The van der Waals surface area contributed by atoms with Crippen LogP contribution in [0.25, 0.3) is 20.9 Å². The van der Waals surface area contributed by atoms with Crippen LogP contribution < -0.4 is 22.5 Å². The van der Waals surface area contributed by atoms with Crippen molar-refractivity contribution in [1.82, 2.24) is 19.1 Å². The minimum Gasteiger partial charge on any atom is -0.342 e. The molecule has 4 heterocycles. The van der Waals surface area contributed by atoms with Gasteiger partial charge in [-0.3, -0.25) is 28.7 Å². The Morgan fingerprint density at radius 3 is 1.69 bits per heavy atom. The first-order valence-electron chi connectivity index (χ1n) is 12.8. The van der Waals surface area contributed by atoms with Crippen LogP contribution in [-0.2, 0) is 9.47 Å². The molecule has 2 N–H and O–H groups in total. The molecule has 2 aliphatic heterocycles. The fraction of sp³-hybridized carbons (Fsp3) is 0.652. The number of alkyl halides is 2. The van der Waals surface area contributed by atoms with Crippen LogP contribution in [0.5, 0.6) is 0 Å². The fourth-order valence-corrected chi connectivity index (χ4v) is 5.37. The van der Waals surface area contributed by atoms with Gasteiger partial charge in [0.1, 0.15) is 0 Å². The van der Waals surface area contributed by atoms with Crippen LogP contribution in [0.15, 0.2) is 41.8 Å². The summed E-state index contributed by atoms with van der Waals surface area (Å²) in [6.07, 6.45) is -2.57. The predicted molar refractivity (Wildman–Crippen MR) is 153 cm³/mol. The van der Waals surface area contributed by atoms with Crippen molar-refractivity contribution in [3.8, 4) is 0 Å². The average molecular weight is 706 g/mol. The summed E-state index contributed by atoms with van der Waals surface area (Å²) >= 11 is 1.74. The maximum Gasteiger partial charge on any atom is 0.330 e. The summed E-state index contributed by atoms with van der Waals surface area (Å²) in [7, 11) is 0. The van der Waals surface area contributed by atoms with Crippen molar-refractivity contribution in [1.29, 1.82) is 0 Å². The van der Waals surface area contributed by atoms with Gasteiger partial charge in [0.2, 0.25) is 0 Å². The summed E-state index contributed by atoms with van der Waals surface area (Å²) in [6, 6.07) is 0. The second-order valence-electron chi connectivity index (χ2n) is 9.88. The van der Waals surface area contributed by atoms with Gasteiger partial charge in [0.15, 0.2) is 36.2 Å². The van der Waals surface area contributed by atoms with Crippen molar-refractivity contribution >= 4 is 22.6 Å². The molecule has 19 heteroatoms. The zero-order valence-corrected chi connectivity index (χ0v) is 25.4. The van der Waals surface area contributed by atoms with Gasteiger partial charge < -0.3 is 9.47 Å². The largest absolute Gasteiger partial charge is 0.342 e. The summed E-state index contributed by atoms with van der Waals surface area (Å²) in [4.78, 5) is 56.0. The zero-order chi connectivity index (χ0) is 31.6. The van der Waals surface area contributed by atoms with Gasteiger partial charge >= 0.3 is 11.4 Å². The van der Waals surface area contributed by atoms with Crippen molar-refractivity contribution in [3.63, 3.8) is 0 Å². The molecule has 0 radical (unpaired) electrons. The Balaban J connectivity index is 0.000000230. The van der Waals surface area contributed by atoms with E-state index in [9.17, 15) is 28.0 Å². The van der Waals surface area contributed by atoms with Gasteiger partial charge in [-0.05, 0) is 53.4 Å². The van der Waals surface area contributed by atoms with E-state index < -0.39 is 70.6 Å². The van der Waals surface area contributed by atoms with Crippen LogP contribution in [0.2, 0.25) is 0 Å². The van der Waals surface area contributed by atoms with Crippen LogP contribution in [-0.4, -0.2) is 42.9 Å². The molecule has 2 aromatic rings. The third-order valence-electron chi connectivity index (χ3n) is 7.63. The molecule has 2 aromatic heterocycles. The van der Waals surface area contributed by atoms with Crippen molar-refractivity contribution in [2.24, 2.45) is 22.1 Å². The number of hydrogen-bond acceptors (Lipinski definition) is 8. The fourth-order valence-electron chi connectivity index (χ4n) is 4.93. The number of aromatic amines is 2. The van der Waals surface area contributed by atoms with E-state index >= 15 is 0 Å². The maximum atomic E-state index is 14.5. The summed E-state index contributed by atoms with van der Waals surface area (Å²) in [5, 5.41) is 7.16. The molecule has 4 rings (SSSR count). The van der Waals surface area contributed by atoms with Gasteiger partial charge in [-0.2, -0.15) is 0 Å². The van der Waals surface area contributed by atoms with E-state index in [1.165, 1.54) is 19.3 Å². The standard InChI is InChI=1S/C12H16FN5O3.C11H13FIN5O3/c1-4-12(16-17-14)7(3)8(13)10(21-12)18-5-6(2)9(19)15-11(18)20;1-3-11(16-17-14)5(2)7(12)9(21-11)18-4-6(13)8(19)15-10(18)20/h5,7-8,10H,4H2,1-3H3,(H,15,19,20);4-5,7,9H,3H2,1-2H3,(H,15,19,20)/t7-,8-,10+,12+;5-,7-,9+,11+/m00/s1. The molecule has 2 fully saturated rings. The number of nitrogens with one attached hydrogen (secondary N) is 2. The topological polar surface area (TPSA) is 226 Å². The summed E-state index contributed by atoms with van der Waals surface area (Å²) in [5.74, 6) is -1.44. The lowest BCUT2D eigenvalue weighted by molar-refractivity contribution is -0.0880. The van der Waals surface area contributed by atoms with E-state index in [-0.39, 0.29) is 22.0 Å². The molecule has 42 heavy (non-hydrogen) atoms. The van der Waals surface area contributed by atoms with Crippen LogP contribution in [0.1, 0.15) is 58.6 Å². The molecule has 0 spiro atoms. The smallest absolute Gasteiger partial charge is 0.330 e. The maximum absolute atomic E-state index is 14.5. The molecule has 0 saturated carbocycles. The molecule has 0 aliphatic carbocycles. The molecular weight excluding hydrogens is 677 g/mol. The quantitative estimate of drug-likeness (QED) is 0.196. The molecule has 0 bridgehead atoms. The molecule has 0 aromatic carbocycles. The highest BCUT2D eigenvalue weighted by Gasteiger charge is 2.54. The molecule has 2 saturated heterocycles. The second kappa shape index (κ2) is 12.8. The van der Waals surface area contributed by atoms with Gasteiger partial charge in [-0.25, -0.2) is 18.4 Å². The number of azide groups is 2. The molecule has 16 nitrogen and oxygen atoms in total. The Kier molecular flexibility index (Phi) is 10.0. The highest BCUT2D eigenvalue weighted by atomic mass is 127. The van der Waals surface area contributed by atoms with E-state index in [2.05, 4.69) is 30.0 Å². The predicted octanol–water partition coefficient (Wildman–Crippen LogP) is 3.83. The monoisotopic (exact) mass is 706 g/mol. The highest BCUT2D eigenvalue weighted by molar-refractivity contribution is 14.1. The number of hydrogen-bond donors (Lipinski definition) is 2. The average Bonchev–Trinajstić information content (AvgIpc) is 3.34. The number of halogens is 3. The van der Waals surface area contributed by atoms with Gasteiger partial charge in [-0.15, -0.1) is 0 Å². The lowest BCUT2D eigenvalue weighted by Crippen LogP contribution is -2.36. The van der Waals surface area contributed by atoms with E-state index in [4.69, 9.17) is 20.5 Å². The van der Waals surface area contributed by atoms with Gasteiger partial charge in [0.25, 0.3) is 11.1 Å². The second-order valence-corrected chi connectivity index (χ2v) is 11.0. The lowest BCUT2D eigenvalue weighted by Gasteiger charge is -2.25. The highest BCUT2D eigenvalue weighted by Crippen LogP contribution is 2.46. The Bertz CT molecular complexity index is 1540. The minimum atomic E-state index is -1.55. The van der Waals surface area contributed by atoms with Crippen molar-refractivity contribution in [2.75, 3.05) is 0 Å². The van der Waals surface area contributed by atoms with E-state index in [1.807, 2.05) is 0 Å². The van der Waals surface area contributed by atoms with Crippen LogP contribution in [0, 0.1) is 22.3 Å². The summed E-state index contributed by atoms with van der Waals surface area (Å²) < 4.78 is 42.4. The van der Waals surface area contributed by atoms with Crippen molar-refractivity contribution < 1.29 is 18.3 Å². The Hall–Kier alpha value is -3.51. The Morgan fingerprint density at radius 1 is 0.881 bits per heavy atom. The normalized spacial score (nSPS) is 31.9. The summed E-state index contributed by atoms with van der Waals surface area (Å²) in [6.45, 7) is 8.04. The van der Waals surface area contributed by atoms with Crippen LogP contribution in [0.4, 0.5) is 8.78 Å². The Labute approximate surface area is 249 Å². The van der Waals surface area contributed by atoms with E-state index in [0.717, 1.165) is 9.13 Å². The van der Waals surface area contributed by atoms with Gasteiger partial charge in [0, 0.05) is 39.6 Å². The number of aryl methyl sites for hydroxylation is 1. The molecule has 0 amide bonds. The van der Waals surface area contributed by atoms with E-state index in [1.54, 1.807) is 50.3 Å². The van der Waals surface area contributed by atoms with Gasteiger partial charge in [0.05, 0.1) is 3.57 Å².